The zero-order valence-corrected chi connectivity index (χ0v) is 11.0. The summed E-state index contributed by atoms with van der Waals surface area (Å²) in [6.07, 6.45) is 6.76. The molecule has 0 fully saturated rings. The Bertz CT molecular complexity index is 181. The minimum absolute atomic E-state index is 0.615. The molecule has 86 valence electrons. The van der Waals surface area contributed by atoms with E-state index in [0.29, 0.717) is 6.54 Å². The Labute approximate surface area is 97.6 Å². The highest BCUT2D eigenvalue weighted by molar-refractivity contribution is 6.05. The first-order valence-corrected chi connectivity index (χ1v) is 5.51. The molecule has 0 aliphatic rings. The zero-order valence-electron chi connectivity index (χ0n) is 11.0. The first-order valence-electron chi connectivity index (χ1n) is 5.51. The van der Waals surface area contributed by atoms with Gasteiger partial charge in [0, 0.05) is 6.54 Å². The molecule has 0 rings (SSSR count). The van der Waals surface area contributed by atoms with E-state index in [2.05, 4.69) is 28.3 Å². The molecule has 0 saturated carbocycles. The van der Waals surface area contributed by atoms with Crippen LogP contribution >= 0.6 is 0 Å². The Morgan fingerprint density at radius 1 is 1.33 bits per heavy atom. The second-order valence-corrected chi connectivity index (χ2v) is 2.46. The molecule has 2 radical (unpaired) electrons. The molecule has 2 heteroatoms. The fraction of sp³-hybridized carbons (Fsp3) is 0.538. The standard InChI is InChI=1S/C10H17N.C2H6.CH3B/c1-4-6-7-10(8-11)9(3)5-2;2*1-2/h4,6-7H,1,5,8,11H2,2-3H3;1-2H3;1H3/b7-6-,10-9-;;. The SMILES string of the molecule is C=C/C=C\C(CN)=C(/C)CC.CC.[B]C. The van der Waals surface area contributed by atoms with Gasteiger partial charge in [-0.25, -0.2) is 0 Å². The fourth-order valence-electron chi connectivity index (χ4n) is 0.796. The van der Waals surface area contributed by atoms with Crippen molar-refractivity contribution in [1.82, 2.24) is 0 Å². The van der Waals surface area contributed by atoms with Crippen molar-refractivity contribution in [3.05, 3.63) is 36.0 Å². The van der Waals surface area contributed by atoms with E-state index < -0.39 is 0 Å². The minimum atomic E-state index is 0.615. The Morgan fingerprint density at radius 2 is 1.80 bits per heavy atom. The summed E-state index contributed by atoms with van der Waals surface area (Å²) in [5.41, 5.74) is 8.11. The molecule has 2 N–H and O–H groups in total. The highest BCUT2D eigenvalue weighted by Gasteiger charge is 1.92. The maximum atomic E-state index is 5.55. The first kappa shape index (κ1) is 19.8. The van der Waals surface area contributed by atoms with Crippen LogP contribution in [0.3, 0.4) is 0 Å². The summed E-state index contributed by atoms with van der Waals surface area (Å²) >= 11 is 0. The maximum absolute atomic E-state index is 5.55. The molecule has 15 heavy (non-hydrogen) atoms. The van der Waals surface area contributed by atoms with Crippen molar-refractivity contribution >= 4 is 7.85 Å². The smallest absolute Gasteiger partial charge is 0.0606 e. The number of rotatable bonds is 4. The van der Waals surface area contributed by atoms with E-state index in [1.54, 1.807) is 6.08 Å². The lowest BCUT2D eigenvalue weighted by Gasteiger charge is -2.01. The summed E-state index contributed by atoms with van der Waals surface area (Å²) in [7, 11) is 4.50. The highest BCUT2D eigenvalue weighted by atomic mass is 14.5. The van der Waals surface area contributed by atoms with Crippen LogP contribution in [-0.2, 0) is 0 Å². The molecule has 0 spiro atoms. The van der Waals surface area contributed by atoms with Crippen molar-refractivity contribution in [3.8, 4) is 0 Å². The molecule has 0 aromatic carbocycles. The van der Waals surface area contributed by atoms with E-state index >= 15 is 0 Å². The highest BCUT2D eigenvalue weighted by Crippen LogP contribution is 2.07. The van der Waals surface area contributed by atoms with Gasteiger partial charge in [0.15, 0.2) is 0 Å². The van der Waals surface area contributed by atoms with E-state index in [4.69, 9.17) is 5.73 Å². The van der Waals surface area contributed by atoms with Crippen molar-refractivity contribution in [2.75, 3.05) is 6.54 Å². The molecule has 0 aliphatic carbocycles. The summed E-state index contributed by atoms with van der Waals surface area (Å²) in [6.45, 7) is 14.0. The van der Waals surface area contributed by atoms with Crippen LogP contribution in [0.2, 0.25) is 6.82 Å². The average molecular weight is 207 g/mol. The first-order chi connectivity index (χ1) is 7.26. The average Bonchev–Trinajstić information content (AvgIpc) is 2.34. The van der Waals surface area contributed by atoms with Gasteiger partial charge in [-0.1, -0.05) is 58.0 Å². The predicted molar refractivity (Wildman–Crippen MR) is 74.3 cm³/mol. The van der Waals surface area contributed by atoms with Gasteiger partial charge in [-0.05, 0) is 18.9 Å². The van der Waals surface area contributed by atoms with E-state index in [-0.39, 0.29) is 0 Å². The van der Waals surface area contributed by atoms with Crippen LogP contribution in [0.25, 0.3) is 0 Å². The van der Waals surface area contributed by atoms with Gasteiger partial charge < -0.3 is 5.73 Å². The molecule has 1 nitrogen and oxygen atoms in total. The second-order valence-electron chi connectivity index (χ2n) is 2.46. The van der Waals surface area contributed by atoms with Crippen LogP contribution in [-0.4, -0.2) is 14.4 Å². The summed E-state index contributed by atoms with van der Waals surface area (Å²) in [5.74, 6) is 0. The van der Waals surface area contributed by atoms with Crippen LogP contribution in [0.1, 0.15) is 34.1 Å². The monoisotopic (exact) mass is 207 g/mol. The summed E-state index contributed by atoms with van der Waals surface area (Å²) in [5, 5.41) is 0. The lowest BCUT2D eigenvalue weighted by Crippen LogP contribution is -2.02. The summed E-state index contributed by atoms with van der Waals surface area (Å²) in [4.78, 5) is 0. The van der Waals surface area contributed by atoms with Crippen LogP contribution in [0.4, 0.5) is 0 Å². The van der Waals surface area contributed by atoms with Crippen molar-refractivity contribution < 1.29 is 0 Å². The largest absolute Gasteiger partial charge is 0.326 e. The number of nitrogens with two attached hydrogens (primary N) is 1. The molecule has 0 bridgehead atoms. The number of hydrogen-bond donors (Lipinski definition) is 1. The van der Waals surface area contributed by atoms with E-state index in [0.717, 1.165) is 6.42 Å². The van der Waals surface area contributed by atoms with Crippen molar-refractivity contribution in [1.29, 1.82) is 0 Å². The van der Waals surface area contributed by atoms with Gasteiger partial charge in [-0.3, -0.25) is 0 Å². The van der Waals surface area contributed by atoms with Gasteiger partial charge in [-0.15, -0.1) is 0 Å². The summed E-state index contributed by atoms with van der Waals surface area (Å²) < 4.78 is 0. The quantitative estimate of drug-likeness (QED) is 0.552. The van der Waals surface area contributed by atoms with E-state index in [1.165, 1.54) is 18.0 Å². The van der Waals surface area contributed by atoms with Gasteiger partial charge in [-0.2, -0.15) is 0 Å². The Hall–Kier alpha value is -0.755. The molecule has 0 aromatic heterocycles. The third-order valence-corrected chi connectivity index (χ3v) is 1.73. The molecule has 0 amide bonds. The van der Waals surface area contributed by atoms with E-state index in [1.807, 2.05) is 26.0 Å². The van der Waals surface area contributed by atoms with Crippen LogP contribution in [0.15, 0.2) is 36.0 Å². The zero-order chi connectivity index (χ0) is 12.7. The molecular formula is C13H26BN. The molecule has 0 aliphatic heterocycles. The Kier molecular flexibility index (Phi) is 24.9. The van der Waals surface area contributed by atoms with Gasteiger partial charge in [0.25, 0.3) is 0 Å². The van der Waals surface area contributed by atoms with Crippen molar-refractivity contribution in [3.63, 3.8) is 0 Å². The van der Waals surface area contributed by atoms with Gasteiger partial charge >= 0.3 is 0 Å². The maximum Gasteiger partial charge on any atom is 0.0606 e. The number of allylic oxidation sites excluding steroid dienone is 3. The molecule has 0 atom stereocenters. The van der Waals surface area contributed by atoms with Gasteiger partial charge in [0.1, 0.15) is 0 Å². The molecule has 0 saturated heterocycles. The van der Waals surface area contributed by atoms with Gasteiger partial charge in [0.05, 0.1) is 7.85 Å². The third-order valence-electron chi connectivity index (χ3n) is 1.73. The summed E-state index contributed by atoms with van der Waals surface area (Å²) in [6, 6.07) is 0. The predicted octanol–water partition coefficient (Wildman–Crippen LogP) is 3.64. The van der Waals surface area contributed by atoms with E-state index in [9.17, 15) is 0 Å². The second kappa shape index (κ2) is 18.9. The topological polar surface area (TPSA) is 26.0 Å². The third kappa shape index (κ3) is 13.2. The normalized spacial score (nSPS) is 10.5. The van der Waals surface area contributed by atoms with Crippen LogP contribution in [0, 0.1) is 0 Å². The molecular weight excluding hydrogens is 181 g/mol. The van der Waals surface area contributed by atoms with Crippen molar-refractivity contribution in [2.45, 2.75) is 40.9 Å². The molecule has 0 aromatic rings. The lowest BCUT2D eigenvalue weighted by molar-refractivity contribution is 1.03. The lowest BCUT2D eigenvalue weighted by atomic mass is 10.1. The Morgan fingerprint density at radius 3 is 2.07 bits per heavy atom. The minimum Gasteiger partial charge on any atom is -0.326 e. The molecule has 0 unspecified atom stereocenters. The van der Waals surface area contributed by atoms with Crippen LogP contribution in [0.5, 0.6) is 0 Å². The molecule has 0 heterocycles. The van der Waals surface area contributed by atoms with Gasteiger partial charge in [0.2, 0.25) is 0 Å². The Balaban J connectivity index is -0.000000318. The van der Waals surface area contributed by atoms with Crippen molar-refractivity contribution in [2.24, 2.45) is 5.73 Å². The van der Waals surface area contributed by atoms with Crippen LogP contribution < -0.4 is 5.73 Å². The fourth-order valence-corrected chi connectivity index (χ4v) is 0.796. The number of hydrogen-bond acceptors (Lipinski definition) is 1.